The number of aliphatic hydroxyl groups is 1. The Kier molecular flexibility index (Phi) is 6.47. The highest BCUT2D eigenvalue weighted by Gasteiger charge is 2.34. The van der Waals surface area contributed by atoms with E-state index in [1.165, 1.54) is 0 Å². The summed E-state index contributed by atoms with van der Waals surface area (Å²) in [6.45, 7) is 2.27. The Morgan fingerprint density at radius 3 is 2.07 bits per heavy atom. The molecule has 0 spiro atoms. The summed E-state index contributed by atoms with van der Waals surface area (Å²) in [6.07, 6.45) is -2.87. The van der Waals surface area contributed by atoms with Crippen LogP contribution >= 0.6 is 0 Å². The van der Waals surface area contributed by atoms with Crippen molar-refractivity contribution in [2.45, 2.75) is 13.1 Å². The smallest absolute Gasteiger partial charge is 0.371 e. The van der Waals surface area contributed by atoms with Gasteiger partial charge in [-0.3, -0.25) is 0 Å². The Labute approximate surface area is 84.0 Å². The molecule has 5 nitrogen and oxygen atoms in total. The highest BCUT2D eigenvalue weighted by molar-refractivity contribution is 4.86. The molecule has 0 saturated heterocycles. The molecule has 0 amide bonds. The molecule has 1 N–H and O–H groups in total. The van der Waals surface area contributed by atoms with E-state index in [2.05, 4.69) is 19.7 Å². The predicted octanol–water partition coefficient (Wildman–Crippen LogP) is 0.863. The van der Waals surface area contributed by atoms with E-state index in [-0.39, 0.29) is 6.79 Å². The largest absolute Gasteiger partial charge is 0.451 e. The Morgan fingerprint density at radius 2 is 1.87 bits per heavy atom. The highest BCUT2D eigenvalue weighted by atomic mass is 19.4. The van der Waals surface area contributed by atoms with Gasteiger partial charge in [0.2, 0.25) is 5.82 Å². The SMILES string of the molecule is CCOCO.FC(F)(F)c1ncncn1. The van der Waals surface area contributed by atoms with Crippen LogP contribution in [-0.2, 0) is 10.9 Å². The topological polar surface area (TPSA) is 68.1 Å². The van der Waals surface area contributed by atoms with Crippen molar-refractivity contribution in [1.82, 2.24) is 15.0 Å². The second kappa shape index (κ2) is 7.07. The molecule has 0 saturated carbocycles. The quantitative estimate of drug-likeness (QED) is 0.756. The van der Waals surface area contributed by atoms with Crippen LogP contribution in [0, 0.1) is 0 Å². The maximum Gasteiger partial charge on any atom is 0.451 e. The lowest BCUT2D eigenvalue weighted by Gasteiger charge is -2.00. The van der Waals surface area contributed by atoms with Gasteiger partial charge in [-0.05, 0) is 6.92 Å². The van der Waals surface area contributed by atoms with Crippen LogP contribution in [0.1, 0.15) is 12.7 Å². The van der Waals surface area contributed by atoms with Crippen molar-refractivity contribution in [3.05, 3.63) is 18.5 Å². The standard InChI is InChI=1S/C4H2F3N3.C3H8O2/c5-4(6,7)3-9-1-8-2-10-3;1-2-5-3-4/h1-2H;4H,2-3H2,1H3. The summed E-state index contributed by atoms with van der Waals surface area (Å²) in [5.41, 5.74) is 0. The van der Waals surface area contributed by atoms with E-state index in [4.69, 9.17) is 5.11 Å². The Hall–Kier alpha value is -1.28. The predicted molar refractivity (Wildman–Crippen MR) is 43.5 cm³/mol. The molecular weight excluding hydrogens is 215 g/mol. The molecule has 0 atom stereocenters. The summed E-state index contributed by atoms with van der Waals surface area (Å²) in [4.78, 5) is 9.04. The van der Waals surface area contributed by atoms with E-state index >= 15 is 0 Å². The van der Waals surface area contributed by atoms with Crippen LogP contribution in [0.2, 0.25) is 0 Å². The number of hydrogen-bond acceptors (Lipinski definition) is 5. The van der Waals surface area contributed by atoms with Crippen molar-refractivity contribution in [2.24, 2.45) is 0 Å². The van der Waals surface area contributed by atoms with E-state index in [1.54, 1.807) is 0 Å². The third-order valence-electron chi connectivity index (χ3n) is 1.04. The van der Waals surface area contributed by atoms with Crippen LogP contribution in [0.4, 0.5) is 13.2 Å². The fraction of sp³-hybridized carbons (Fsp3) is 0.571. The van der Waals surface area contributed by atoms with Crippen molar-refractivity contribution in [1.29, 1.82) is 0 Å². The van der Waals surface area contributed by atoms with E-state index < -0.39 is 12.0 Å². The highest BCUT2D eigenvalue weighted by Crippen LogP contribution is 2.24. The fourth-order valence-corrected chi connectivity index (χ4v) is 0.477. The lowest BCUT2D eigenvalue weighted by molar-refractivity contribution is -0.145. The molecule has 0 bridgehead atoms. The second-order valence-electron chi connectivity index (χ2n) is 2.08. The van der Waals surface area contributed by atoms with Crippen LogP contribution in [0.15, 0.2) is 12.7 Å². The molecule has 0 fully saturated rings. The van der Waals surface area contributed by atoms with Gasteiger partial charge in [-0.2, -0.15) is 13.2 Å². The summed E-state index contributed by atoms with van der Waals surface area (Å²) >= 11 is 0. The Morgan fingerprint density at radius 1 is 1.33 bits per heavy atom. The molecule has 1 aromatic rings. The number of nitrogens with zero attached hydrogens (tertiary/aromatic N) is 3. The number of alkyl halides is 3. The zero-order valence-electron chi connectivity index (χ0n) is 7.90. The first-order valence-electron chi connectivity index (χ1n) is 3.90. The van der Waals surface area contributed by atoms with Gasteiger partial charge < -0.3 is 9.84 Å². The molecule has 0 aromatic carbocycles. The van der Waals surface area contributed by atoms with Gasteiger partial charge >= 0.3 is 6.18 Å². The summed E-state index contributed by atoms with van der Waals surface area (Å²) in [5.74, 6) is -1.16. The molecule has 0 unspecified atom stereocenters. The molecule has 15 heavy (non-hydrogen) atoms. The van der Waals surface area contributed by atoms with Gasteiger partial charge in [0, 0.05) is 6.61 Å². The average Bonchev–Trinajstić information content (AvgIpc) is 2.20. The van der Waals surface area contributed by atoms with Crippen molar-refractivity contribution in [3.8, 4) is 0 Å². The van der Waals surface area contributed by atoms with Crippen LogP contribution < -0.4 is 0 Å². The zero-order chi connectivity index (χ0) is 11.7. The first-order valence-corrected chi connectivity index (χ1v) is 3.90. The Bertz CT molecular complexity index is 253. The minimum absolute atomic E-state index is 0.156. The van der Waals surface area contributed by atoms with Gasteiger partial charge in [-0.15, -0.1) is 0 Å². The molecule has 1 heterocycles. The minimum atomic E-state index is -4.47. The van der Waals surface area contributed by atoms with E-state index in [1.807, 2.05) is 6.92 Å². The van der Waals surface area contributed by atoms with Crippen LogP contribution in [-0.4, -0.2) is 33.5 Å². The van der Waals surface area contributed by atoms with Crippen molar-refractivity contribution in [2.75, 3.05) is 13.4 Å². The molecule has 0 radical (unpaired) electrons. The summed E-state index contributed by atoms with van der Waals surface area (Å²) < 4.78 is 39.3. The lowest BCUT2D eigenvalue weighted by atomic mass is 10.6. The van der Waals surface area contributed by atoms with Crippen molar-refractivity contribution in [3.63, 3.8) is 0 Å². The fourth-order valence-electron chi connectivity index (χ4n) is 0.477. The molecule has 0 aliphatic rings. The first kappa shape index (κ1) is 13.7. The van der Waals surface area contributed by atoms with Gasteiger partial charge in [0.15, 0.2) is 0 Å². The molecule has 8 heteroatoms. The van der Waals surface area contributed by atoms with Crippen LogP contribution in [0.5, 0.6) is 0 Å². The van der Waals surface area contributed by atoms with Gasteiger partial charge in [0.1, 0.15) is 19.4 Å². The average molecular weight is 225 g/mol. The molecular formula is C7H10F3N3O2. The number of rotatable bonds is 2. The third kappa shape index (κ3) is 6.75. The van der Waals surface area contributed by atoms with E-state index in [0.29, 0.717) is 6.61 Å². The van der Waals surface area contributed by atoms with Gasteiger partial charge in [-0.25, -0.2) is 15.0 Å². The number of aliphatic hydroxyl groups excluding tert-OH is 1. The maximum atomic E-state index is 11.6. The molecule has 86 valence electrons. The van der Waals surface area contributed by atoms with Crippen LogP contribution in [0.3, 0.4) is 0 Å². The first-order chi connectivity index (χ1) is 7.02. The normalized spacial score (nSPS) is 10.5. The number of ether oxygens (including phenoxy) is 1. The second-order valence-corrected chi connectivity index (χ2v) is 2.08. The maximum absolute atomic E-state index is 11.6. The number of hydrogen-bond donors (Lipinski definition) is 1. The van der Waals surface area contributed by atoms with Gasteiger partial charge in [-0.1, -0.05) is 0 Å². The van der Waals surface area contributed by atoms with Crippen LogP contribution in [0.25, 0.3) is 0 Å². The molecule has 0 aliphatic heterocycles. The molecule has 0 aliphatic carbocycles. The van der Waals surface area contributed by atoms with Crippen molar-refractivity contribution >= 4 is 0 Å². The summed E-state index contributed by atoms with van der Waals surface area (Å²) in [6, 6.07) is 0. The van der Waals surface area contributed by atoms with Gasteiger partial charge in [0.25, 0.3) is 0 Å². The molecule has 1 rings (SSSR count). The van der Waals surface area contributed by atoms with E-state index in [0.717, 1.165) is 12.7 Å². The lowest BCUT2D eigenvalue weighted by Crippen LogP contribution is -2.10. The van der Waals surface area contributed by atoms with Gasteiger partial charge in [0.05, 0.1) is 0 Å². The Balaban J connectivity index is 0.000000336. The minimum Gasteiger partial charge on any atom is -0.371 e. The third-order valence-corrected chi connectivity index (χ3v) is 1.04. The summed E-state index contributed by atoms with van der Waals surface area (Å²) in [7, 11) is 0. The van der Waals surface area contributed by atoms with Crippen molar-refractivity contribution < 1.29 is 23.0 Å². The zero-order valence-corrected chi connectivity index (χ0v) is 7.90. The monoisotopic (exact) mass is 225 g/mol. The summed E-state index contributed by atoms with van der Waals surface area (Å²) in [5, 5.41) is 7.84. The molecule has 1 aromatic heterocycles. The number of aromatic nitrogens is 3. The number of halogens is 3. The van der Waals surface area contributed by atoms with E-state index in [9.17, 15) is 13.2 Å².